The molecule has 0 saturated carbocycles. The summed E-state index contributed by atoms with van der Waals surface area (Å²) < 4.78 is 10.9. The number of benzene rings is 1. The molecule has 1 aromatic carbocycles. The van der Waals surface area contributed by atoms with Crippen LogP contribution in [0.25, 0.3) is 0 Å². The summed E-state index contributed by atoms with van der Waals surface area (Å²) in [5, 5.41) is 2.91. The second-order valence-corrected chi connectivity index (χ2v) is 5.00. The third kappa shape index (κ3) is 5.11. The van der Waals surface area contributed by atoms with Crippen LogP contribution < -0.4 is 14.8 Å². The molecule has 1 N–H and O–H groups in total. The highest BCUT2D eigenvalue weighted by Crippen LogP contribution is 2.28. The van der Waals surface area contributed by atoms with Crippen molar-refractivity contribution < 1.29 is 14.3 Å². The van der Waals surface area contributed by atoms with Gasteiger partial charge in [0.2, 0.25) is 0 Å². The molecule has 20 heavy (non-hydrogen) atoms. The van der Waals surface area contributed by atoms with Gasteiger partial charge in [-0.3, -0.25) is 4.79 Å². The zero-order chi connectivity index (χ0) is 15.0. The Morgan fingerprint density at radius 3 is 2.60 bits per heavy atom. The molecule has 0 fully saturated rings. The first-order valence-electron chi connectivity index (χ1n) is 7.21. The summed E-state index contributed by atoms with van der Waals surface area (Å²) in [6, 6.07) is 5.25. The number of carbonyl (C=O) groups is 1. The minimum atomic E-state index is -0.0736. The molecule has 0 heterocycles. The van der Waals surface area contributed by atoms with Gasteiger partial charge in [-0.1, -0.05) is 19.8 Å². The standard InChI is InChI=1S/C16H25NO3/c1-5-6-7-10-17-16(18)13-8-9-14(20-12(2)3)15(11-13)19-4/h8-9,11-12H,5-7,10H2,1-4H3,(H,17,18). The van der Waals surface area contributed by atoms with E-state index in [9.17, 15) is 4.79 Å². The van der Waals surface area contributed by atoms with Crippen LogP contribution in [0, 0.1) is 0 Å². The van der Waals surface area contributed by atoms with E-state index in [1.54, 1.807) is 25.3 Å². The van der Waals surface area contributed by atoms with E-state index in [1.165, 1.54) is 0 Å². The summed E-state index contributed by atoms with van der Waals surface area (Å²) in [5.41, 5.74) is 0.592. The monoisotopic (exact) mass is 279 g/mol. The number of rotatable bonds is 8. The van der Waals surface area contributed by atoms with Crippen molar-refractivity contribution in [1.82, 2.24) is 5.32 Å². The number of hydrogen-bond acceptors (Lipinski definition) is 3. The van der Waals surface area contributed by atoms with E-state index >= 15 is 0 Å². The lowest BCUT2D eigenvalue weighted by Crippen LogP contribution is -2.24. The summed E-state index contributed by atoms with van der Waals surface area (Å²) in [5.74, 6) is 1.17. The maximum absolute atomic E-state index is 12.0. The predicted octanol–water partition coefficient (Wildman–Crippen LogP) is 3.40. The quantitative estimate of drug-likeness (QED) is 0.742. The van der Waals surface area contributed by atoms with Crippen molar-refractivity contribution in [3.63, 3.8) is 0 Å². The highest BCUT2D eigenvalue weighted by molar-refractivity contribution is 5.94. The smallest absolute Gasteiger partial charge is 0.251 e. The maximum atomic E-state index is 12.0. The van der Waals surface area contributed by atoms with E-state index in [4.69, 9.17) is 9.47 Å². The van der Waals surface area contributed by atoms with Gasteiger partial charge in [-0.15, -0.1) is 0 Å². The Morgan fingerprint density at radius 1 is 1.25 bits per heavy atom. The van der Waals surface area contributed by atoms with Crippen molar-refractivity contribution in [1.29, 1.82) is 0 Å². The minimum Gasteiger partial charge on any atom is -0.493 e. The van der Waals surface area contributed by atoms with Gasteiger partial charge in [-0.05, 0) is 38.5 Å². The topological polar surface area (TPSA) is 47.6 Å². The van der Waals surface area contributed by atoms with Crippen molar-refractivity contribution in [2.45, 2.75) is 46.1 Å². The number of unbranched alkanes of at least 4 members (excludes halogenated alkanes) is 2. The third-order valence-electron chi connectivity index (χ3n) is 2.85. The number of ether oxygens (including phenoxy) is 2. The van der Waals surface area contributed by atoms with Crippen LogP contribution in [0.3, 0.4) is 0 Å². The zero-order valence-electron chi connectivity index (χ0n) is 12.9. The molecule has 0 saturated heterocycles. The van der Waals surface area contributed by atoms with Gasteiger partial charge in [0, 0.05) is 12.1 Å². The van der Waals surface area contributed by atoms with Crippen molar-refractivity contribution in [2.75, 3.05) is 13.7 Å². The first-order chi connectivity index (χ1) is 9.58. The molecule has 1 rings (SSSR count). The second-order valence-electron chi connectivity index (χ2n) is 5.00. The number of hydrogen-bond donors (Lipinski definition) is 1. The molecule has 0 aliphatic heterocycles. The highest BCUT2D eigenvalue weighted by atomic mass is 16.5. The first-order valence-corrected chi connectivity index (χ1v) is 7.21. The zero-order valence-corrected chi connectivity index (χ0v) is 12.9. The van der Waals surface area contributed by atoms with Gasteiger partial charge in [-0.25, -0.2) is 0 Å². The van der Waals surface area contributed by atoms with Crippen LogP contribution in [0.5, 0.6) is 11.5 Å². The van der Waals surface area contributed by atoms with Gasteiger partial charge < -0.3 is 14.8 Å². The Morgan fingerprint density at radius 2 is 2.00 bits per heavy atom. The second kappa shape index (κ2) is 8.46. The van der Waals surface area contributed by atoms with Gasteiger partial charge in [0.25, 0.3) is 5.91 Å². The lowest BCUT2D eigenvalue weighted by atomic mass is 10.1. The summed E-state index contributed by atoms with van der Waals surface area (Å²) in [4.78, 5) is 12.0. The molecule has 4 nitrogen and oxygen atoms in total. The molecule has 0 radical (unpaired) electrons. The third-order valence-corrected chi connectivity index (χ3v) is 2.85. The van der Waals surface area contributed by atoms with Crippen molar-refractivity contribution in [3.8, 4) is 11.5 Å². The van der Waals surface area contributed by atoms with E-state index < -0.39 is 0 Å². The number of amides is 1. The summed E-state index contributed by atoms with van der Waals surface area (Å²) in [7, 11) is 1.57. The average Bonchev–Trinajstić information content (AvgIpc) is 2.43. The summed E-state index contributed by atoms with van der Waals surface area (Å²) in [6.45, 7) is 6.75. The molecule has 4 heteroatoms. The summed E-state index contributed by atoms with van der Waals surface area (Å²) in [6.07, 6.45) is 3.35. The Bertz CT molecular complexity index is 430. The van der Waals surface area contributed by atoms with Crippen LogP contribution in [0.4, 0.5) is 0 Å². The lowest BCUT2D eigenvalue weighted by molar-refractivity contribution is 0.0952. The average molecular weight is 279 g/mol. The molecule has 0 atom stereocenters. The van der Waals surface area contributed by atoms with E-state index in [0.29, 0.717) is 23.6 Å². The van der Waals surface area contributed by atoms with Gasteiger partial charge in [0.1, 0.15) is 0 Å². The predicted molar refractivity (Wildman–Crippen MR) is 80.6 cm³/mol. The van der Waals surface area contributed by atoms with Gasteiger partial charge >= 0.3 is 0 Å². The Hall–Kier alpha value is -1.71. The Balaban J connectivity index is 2.69. The Kier molecular flexibility index (Phi) is 6.91. The van der Waals surface area contributed by atoms with Gasteiger partial charge in [-0.2, -0.15) is 0 Å². The lowest BCUT2D eigenvalue weighted by Gasteiger charge is -2.14. The Labute approximate surface area is 121 Å². The summed E-state index contributed by atoms with van der Waals surface area (Å²) >= 11 is 0. The normalized spacial score (nSPS) is 10.4. The first kappa shape index (κ1) is 16.3. The molecule has 0 aliphatic carbocycles. The highest BCUT2D eigenvalue weighted by Gasteiger charge is 2.11. The van der Waals surface area contributed by atoms with Crippen LogP contribution >= 0.6 is 0 Å². The molecule has 1 aromatic rings. The molecule has 0 aromatic heterocycles. The molecule has 0 bridgehead atoms. The van der Waals surface area contributed by atoms with Gasteiger partial charge in [0.05, 0.1) is 13.2 Å². The van der Waals surface area contributed by atoms with Crippen LogP contribution in [-0.2, 0) is 0 Å². The molecule has 1 amide bonds. The fourth-order valence-corrected chi connectivity index (χ4v) is 1.84. The number of nitrogens with one attached hydrogen (secondary N) is 1. The molecule has 0 unspecified atom stereocenters. The molecule has 0 spiro atoms. The SMILES string of the molecule is CCCCCNC(=O)c1ccc(OC(C)C)c(OC)c1. The van der Waals surface area contributed by atoms with Crippen molar-refractivity contribution in [3.05, 3.63) is 23.8 Å². The number of carbonyl (C=O) groups excluding carboxylic acids is 1. The van der Waals surface area contributed by atoms with Crippen LogP contribution in [0.1, 0.15) is 50.4 Å². The van der Waals surface area contributed by atoms with E-state index in [1.807, 2.05) is 13.8 Å². The largest absolute Gasteiger partial charge is 0.493 e. The van der Waals surface area contributed by atoms with Crippen molar-refractivity contribution in [2.24, 2.45) is 0 Å². The minimum absolute atomic E-state index is 0.0672. The number of methoxy groups -OCH3 is 1. The van der Waals surface area contributed by atoms with E-state index in [0.717, 1.165) is 19.3 Å². The molecule has 112 valence electrons. The van der Waals surface area contributed by atoms with Crippen LogP contribution in [-0.4, -0.2) is 25.7 Å². The fraction of sp³-hybridized carbons (Fsp3) is 0.562. The molecular formula is C16H25NO3. The van der Waals surface area contributed by atoms with Crippen LogP contribution in [0.15, 0.2) is 18.2 Å². The van der Waals surface area contributed by atoms with Crippen molar-refractivity contribution >= 4 is 5.91 Å². The van der Waals surface area contributed by atoms with Crippen LogP contribution in [0.2, 0.25) is 0 Å². The van der Waals surface area contributed by atoms with E-state index in [-0.39, 0.29) is 12.0 Å². The molecular weight excluding hydrogens is 254 g/mol. The molecule has 0 aliphatic rings. The van der Waals surface area contributed by atoms with Gasteiger partial charge in [0.15, 0.2) is 11.5 Å². The fourth-order valence-electron chi connectivity index (χ4n) is 1.84. The van der Waals surface area contributed by atoms with E-state index in [2.05, 4.69) is 12.2 Å². The maximum Gasteiger partial charge on any atom is 0.251 e.